The van der Waals surface area contributed by atoms with E-state index in [9.17, 15) is 14.7 Å². The summed E-state index contributed by atoms with van der Waals surface area (Å²) in [5.74, 6) is -1.60. The summed E-state index contributed by atoms with van der Waals surface area (Å²) in [5, 5.41) is 18.5. The number of nitrogens with zero attached hydrogens (tertiary/aromatic N) is 2. The standard InChI is InChI=1S/C11H16N4O4/c12-8(1-6-3-13-5-14-6)10(17)15-4-7(16)2-9(15)11(18)19/h3,5,7-9,16H,1-2,4,12H2,(H,13,14)(H,18,19)/t7-,8+,9+/m1/s1. The Morgan fingerprint density at radius 1 is 1.63 bits per heavy atom. The number of β-amino-alcohol motifs (C(OH)–C–C–N with tert-alkyl or cyclic N) is 1. The number of aliphatic hydroxyl groups excluding tert-OH is 1. The smallest absolute Gasteiger partial charge is 0.326 e. The minimum Gasteiger partial charge on any atom is -0.480 e. The molecule has 19 heavy (non-hydrogen) atoms. The van der Waals surface area contributed by atoms with E-state index in [1.807, 2.05) is 0 Å². The number of aliphatic carboxylic acids is 1. The van der Waals surface area contributed by atoms with Gasteiger partial charge in [0.05, 0.1) is 18.5 Å². The first kappa shape index (κ1) is 13.5. The van der Waals surface area contributed by atoms with Gasteiger partial charge in [-0.3, -0.25) is 4.79 Å². The van der Waals surface area contributed by atoms with Gasteiger partial charge in [0.1, 0.15) is 6.04 Å². The fraction of sp³-hybridized carbons (Fsp3) is 0.545. The number of imidazole rings is 1. The molecule has 2 heterocycles. The molecule has 5 N–H and O–H groups in total. The summed E-state index contributed by atoms with van der Waals surface area (Å²) in [5.41, 5.74) is 6.48. The molecule has 104 valence electrons. The first-order valence-corrected chi connectivity index (χ1v) is 5.93. The summed E-state index contributed by atoms with van der Waals surface area (Å²) < 4.78 is 0. The molecule has 1 fully saturated rings. The molecule has 8 heteroatoms. The lowest BCUT2D eigenvalue weighted by molar-refractivity contribution is -0.148. The highest BCUT2D eigenvalue weighted by atomic mass is 16.4. The van der Waals surface area contributed by atoms with Crippen LogP contribution in [0, 0.1) is 0 Å². The minimum absolute atomic E-state index is 0.00642. The van der Waals surface area contributed by atoms with Gasteiger partial charge >= 0.3 is 5.97 Å². The van der Waals surface area contributed by atoms with Crippen LogP contribution in [0.1, 0.15) is 12.1 Å². The third kappa shape index (κ3) is 2.91. The van der Waals surface area contributed by atoms with Crippen LogP contribution in [0.4, 0.5) is 0 Å². The Balaban J connectivity index is 2.03. The number of aromatic amines is 1. The number of carboxylic acids is 1. The van der Waals surface area contributed by atoms with E-state index in [1.165, 1.54) is 6.33 Å². The number of rotatable bonds is 4. The van der Waals surface area contributed by atoms with Gasteiger partial charge in [-0.25, -0.2) is 9.78 Å². The number of hydrogen-bond donors (Lipinski definition) is 4. The van der Waals surface area contributed by atoms with E-state index < -0.39 is 30.1 Å². The predicted molar refractivity (Wildman–Crippen MR) is 64.0 cm³/mol. The molecule has 3 atom stereocenters. The topological polar surface area (TPSA) is 133 Å². The minimum atomic E-state index is -1.13. The molecule has 2 rings (SSSR count). The van der Waals surface area contributed by atoms with Crippen molar-refractivity contribution in [2.75, 3.05) is 6.54 Å². The lowest BCUT2D eigenvalue weighted by Crippen LogP contribution is -2.49. The van der Waals surface area contributed by atoms with E-state index >= 15 is 0 Å². The number of carbonyl (C=O) groups excluding carboxylic acids is 1. The first-order valence-electron chi connectivity index (χ1n) is 5.93. The zero-order chi connectivity index (χ0) is 14.0. The fourth-order valence-corrected chi connectivity index (χ4v) is 2.23. The zero-order valence-electron chi connectivity index (χ0n) is 10.2. The van der Waals surface area contributed by atoms with Gasteiger partial charge in [-0.1, -0.05) is 0 Å². The van der Waals surface area contributed by atoms with Crippen molar-refractivity contribution in [3.8, 4) is 0 Å². The number of aromatic nitrogens is 2. The summed E-state index contributed by atoms with van der Waals surface area (Å²) in [6.07, 6.45) is 2.51. The second-order valence-corrected chi connectivity index (χ2v) is 4.62. The van der Waals surface area contributed by atoms with Crippen LogP contribution >= 0.6 is 0 Å². The van der Waals surface area contributed by atoms with Gasteiger partial charge < -0.3 is 25.8 Å². The molecule has 1 amide bonds. The lowest BCUT2D eigenvalue weighted by Gasteiger charge is -2.24. The normalized spacial score (nSPS) is 24.4. The SMILES string of the molecule is N[C@@H](Cc1cnc[nH]1)C(=O)N1C[C@H](O)C[C@H]1C(=O)O. The van der Waals surface area contributed by atoms with Crippen LogP contribution in [0.2, 0.25) is 0 Å². The molecular formula is C11H16N4O4. The Morgan fingerprint density at radius 2 is 2.37 bits per heavy atom. The van der Waals surface area contributed by atoms with Crippen molar-refractivity contribution in [1.82, 2.24) is 14.9 Å². The molecule has 0 aromatic carbocycles. The third-order valence-electron chi connectivity index (χ3n) is 3.16. The third-order valence-corrected chi connectivity index (χ3v) is 3.16. The van der Waals surface area contributed by atoms with Crippen molar-refractivity contribution < 1.29 is 19.8 Å². The number of carboxylic acid groups (broad SMARTS) is 1. The number of aliphatic hydroxyl groups is 1. The van der Waals surface area contributed by atoms with Gasteiger partial charge in [0.15, 0.2) is 0 Å². The van der Waals surface area contributed by atoms with Crippen molar-refractivity contribution in [3.63, 3.8) is 0 Å². The summed E-state index contributed by atoms with van der Waals surface area (Å²) in [4.78, 5) is 30.9. The Hall–Kier alpha value is -1.93. The molecule has 1 aliphatic rings. The molecule has 0 aliphatic carbocycles. The number of nitrogens with two attached hydrogens (primary N) is 1. The predicted octanol–water partition coefficient (Wildman–Crippen LogP) is -1.67. The van der Waals surface area contributed by atoms with Gasteiger partial charge in [0.2, 0.25) is 5.91 Å². The maximum Gasteiger partial charge on any atom is 0.326 e. The van der Waals surface area contributed by atoms with Crippen LogP contribution in [0.25, 0.3) is 0 Å². The fourth-order valence-electron chi connectivity index (χ4n) is 2.23. The molecule has 1 aromatic rings. The second kappa shape index (κ2) is 5.37. The molecule has 1 aromatic heterocycles. The molecule has 1 saturated heterocycles. The molecule has 0 spiro atoms. The van der Waals surface area contributed by atoms with Gasteiger partial charge in [-0.2, -0.15) is 0 Å². The zero-order valence-corrected chi connectivity index (χ0v) is 10.2. The summed E-state index contributed by atoms with van der Waals surface area (Å²) in [7, 11) is 0. The molecule has 8 nitrogen and oxygen atoms in total. The maximum atomic E-state index is 12.1. The highest BCUT2D eigenvalue weighted by molar-refractivity contribution is 5.87. The van der Waals surface area contributed by atoms with Gasteiger partial charge in [-0.05, 0) is 0 Å². The van der Waals surface area contributed by atoms with E-state index in [4.69, 9.17) is 10.8 Å². The summed E-state index contributed by atoms with van der Waals surface area (Å²) >= 11 is 0. The second-order valence-electron chi connectivity index (χ2n) is 4.62. The number of nitrogens with one attached hydrogen (secondary N) is 1. The van der Waals surface area contributed by atoms with Crippen LogP contribution < -0.4 is 5.73 Å². The number of likely N-dealkylation sites (tertiary alicyclic amines) is 1. The number of hydrogen-bond acceptors (Lipinski definition) is 5. The van der Waals surface area contributed by atoms with Gasteiger partial charge in [0.25, 0.3) is 0 Å². The Morgan fingerprint density at radius 3 is 2.95 bits per heavy atom. The van der Waals surface area contributed by atoms with Crippen LogP contribution in [-0.4, -0.2) is 61.7 Å². The molecule has 0 radical (unpaired) electrons. The van der Waals surface area contributed by atoms with Crippen molar-refractivity contribution in [1.29, 1.82) is 0 Å². The Bertz CT molecular complexity index is 461. The average molecular weight is 268 g/mol. The molecular weight excluding hydrogens is 252 g/mol. The monoisotopic (exact) mass is 268 g/mol. The lowest BCUT2D eigenvalue weighted by atomic mass is 10.1. The largest absolute Gasteiger partial charge is 0.480 e. The summed E-state index contributed by atoms with van der Waals surface area (Å²) in [6, 6.07) is -1.86. The van der Waals surface area contributed by atoms with Crippen molar-refractivity contribution in [2.24, 2.45) is 5.73 Å². The Kier molecular flexibility index (Phi) is 3.82. The van der Waals surface area contributed by atoms with E-state index in [1.54, 1.807) is 6.20 Å². The van der Waals surface area contributed by atoms with Crippen molar-refractivity contribution in [3.05, 3.63) is 18.2 Å². The highest BCUT2D eigenvalue weighted by Gasteiger charge is 2.40. The van der Waals surface area contributed by atoms with Crippen LogP contribution in [0.15, 0.2) is 12.5 Å². The number of carbonyl (C=O) groups is 2. The van der Waals surface area contributed by atoms with E-state index in [0.29, 0.717) is 5.69 Å². The molecule has 0 bridgehead atoms. The van der Waals surface area contributed by atoms with Gasteiger partial charge in [-0.15, -0.1) is 0 Å². The van der Waals surface area contributed by atoms with Crippen LogP contribution in [0.3, 0.4) is 0 Å². The van der Waals surface area contributed by atoms with Gasteiger partial charge in [0, 0.05) is 31.3 Å². The quantitative estimate of drug-likeness (QED) is 0.516. The number of H-pyrrole nitrogens is 1. The van der Waals surface area contributed by atoms with Crippen LogP contribution in [0.5, 0.6) is 0 Å². The van der Waals surface area contributed by atoms with Crippen molar-refractivity contribution in [2.45, 2.75) is 31.0 Å². The van der Waals surface area contributed by atoms with E-state index in [-0.39, 0.29) is 19.4 Å². The summed E-state index contributed by atoms with van der Waals surface area (Å²) in [6.45, 7) is 0.00642. The molecule has 0 saturated carbocycles. The molecule has 0 unspecified atom stereocenters. The number of amides is 1. The highest BCUT2D eigenvalue weighted by Crippen LogP contribution is 2.19. The Labute approximate surface area is 109 Å². The average Bonchev–Trinajstić information content (AvgIpc) is 2.97. The van der Waals surface area contributed by atoms with Crippen LogP contribution in [-0.2, 0) is 16.0 Å². The van der Waals surface area contributed by atoms with E-state index in [2.05, 4.69) is 9.97 Å². The van der Waals surface area contributed by atoms with Crippen molar-refractivity contribution >= 4 is 11.9 Å². The molecule has 1 aliphatic heterocycles. The maximum absolute atomic E-state index is 12.1. The first-order chi connectivity index (χ1) is 8.99. The van der Waals surface area contributed by atoms with E-state index in [0.717, 1.165) is 4.90 Å².